The number of rotatable bonds is 5. The summed E-state index contributed by atoms with van der Waals surface area (Å²) in [6.07, 6.45) is 13.9. The van der Waals surface area contributed by atoms with Gasteiger partial charge in [-0.3, -0.25) is 5.41 Å². The number of hydrogen-bond acceptors (Lipinski definition) is 1. The third-order valence-corrected chi connectivity index (χ3v) is 8.65. The molecule has 2 saturated carbocycles. The second-order valence-electron chi connectivity index (χ2n) is 10.6. The molecule has 0 aliphatic heterocycles. The first-order valence-electron chi connectivity index (χ1n) is 13.6. The van der Waals surface area contributed by atoms with Crippen molar-refractivity contribution in [1.82, 2.24) is 4.90 Å². The maximum absolute atomic E-state index is 9.58. The fourth-order valence-corrected chi connectivity index (χ4v) is 6.62. The normalized spacial score (nSPS) is 20.2. The topological polar surface area (TPSA) is 27.1 Å². The van der Waals surface area contributed by atoms with Gasteiger partial charge in [-0.2, -0.15) is 0 Å². The zero-order valence-electron chi connectivity index (χ0n) is 21.1. The Morgan fingerprint density at radius 1 is 0.676 bits per heavy atom. The van der Waals surface area contributed by atoms with Crippen molar-refractivity contribution in [3.8, 4) is 0 Å². The summed E-state index contributed by atoms with van der Waals surface area (Å²) < 4.78 is 0. The Hall–Kier alpha value is -2.61. The quantitative estimate of drug-likeness (QED) is 0.357. The lowest BCUT2D eigenvalue weighted by atomic mass is 9.87. The first kappa shape index (κ1) is 23.1. The predicted molar refractivity (Wildman–Crippen MR) is 145 cm³/mol. The molecule has 0 saturated heterocycles. The van der Waals surface area contributed by atoms with Gasteiger partial charge in [0.2, 0.25) is 0 Å². The van der Waals surface area contributed by atoms with Crippen LogP contribution >= 0.6 is 0 Å². The molecule has 2 heteroatoms. The van der Waals surface area contributed by atoms with Crippen molar-refractivity contribution in [2.24, 2.45) is 0 Å². The Labute approximate surface area is 206 Å². The average molecular weight is 453 g/mol. The molecular formula is C32H40N2. The van der Waals surface area contributed by atoms with Crippen LogP contribution in [0.2, 0.25) is 0 Å². The standard InChI is InChI=1S/C32H40N2/c1-23-24(2)31(22-30(23)25-14-6-3-7-15-25)28-20-12-13-21-29(28)32(33)34(26-16-8-4-9-17-26)27-18-10-5-11-19-27/h3,6-7,12-15,20-21,26-27,33H,4-5,8-11,16-19,22H2,1-2H3. The lowest BCUT2D eigenvalue weighted by Gasteiger charge is -2.43. The van der Waals surface area contributed by atoms with E-state index < -0.39 is 0 Å². The van der Waals surface area contributed by atoms with E-state index in [0.717, 1.165) is 17.8 Å². The molecular weight excluding hydrogens is 412 g/mol. The lowest BCUT2D eigenvalue weighted by molar-refractivity contribution is 0.157. The highest BCUT2D eigenvalue weighted by Gasteiger charge is 2.33. The smallest absolute Gasteiger partial charge is 0.129 e. The van der Waals surface area contributed by atoms with Crippen molar-refractivity contribution >= 4 is 17.0 Å². The van der Waals surface area contributed by atoms with Gasteiger partial charge < -0.3 is 4.90 Å². The van der Waals surface area contributed by atoms with Crippen molar-refractivity contribution in [2.45, 2.75) is 96.6 Å². The van der Waals surface area contributed by atoms with Gasteiger partial charge in [-0.05, 0) is 79.4 Å². The average Bonchev–Trinajstić information content (AvgIpc) is 3.20. The molecule has 0 atom stereocenters. The van der Waals surface area contributed by atoms with Crippen molar-refractivity contribution in [1.29, 1.82) is 5.41 Å². The van der Waals surface area contributed by atoms with E-state index in [1.165, 1.54) is 97.6 Å². The maximum Gasteiger partial charge on any atom is 0.129 e. The van der Waals surface area contributed by atoms with Gasteiger partial charge in [-0.1, -0.05) is 93.1 Å². The van der Waals surface area contributed by atoms with E-state index in [1.807, 2.05) is 0 Å². The predicted octanol–water partition coefficient (Wildman–Crippen LogP) is 8.63. The number of nitrogens with one attached hydrogen (secondary N) is 1. The highest BCUT2D eigenvalue weighted by atomic mass is 15.2. The Morgan fingerprint density at radius 2 is 1.21 bits per heavy atom. The summed E-state index contributed by atoms with van der Waals surface area (Å²) in [6, 6.07) is 20.7. The molecule has 178 valence electrons. The van der Waals surface area contributed by atoms with E-state index in [4.69, 9.17) is 0 Å². The molecule has 34 heavy (non-hydrogen) atoms. The van der Waals surface area contributed by atoms with E-state index in [2.05, 4.69) is 73.3 Å². The first-order chi connectivity index (χ1) is 16.6. The fraction of sp³-hybridized carbons (Fsp3) is 0.469. The molecule has 5 rings (SSSR count). The monoisotopic (exact) mass is 452 g/mol. The van der Waals surface area contributed by atoms with Gasteiger partial charge in [0.05, 0.1) is 0 Å². The summed E-state index contributed by atoms with van der Waals surface area (Å²) in [5, 5.41) is 9.58. The molecule has 0 amide bonds. The summed E-state index contributed by atoms with van der Waals surface area (Å²) in [6.45, 7) is 4.55. The molecule has 2 aromatic carbocycles. The molecule has 0 aromatic heterocycles. The number of hydrogen-bond donors (Lipinski definition) is 1. The summed E-state index contributed by atoms with van der Waals surface area (Å²) >= 11 is 0. The number of nitrogens with zero attached hydrogens (tertiary/aromatic N) is 1. The highest BCUT2D eigenvalue weighted by Crippen LogP contribution is 2.44. The van der Waals surface area contributed by atoms with Crippen LogP contribution in [0.25, 0.3) is 11.1 Å². The van der Waals surface area contributed by atoms with Gasteiger partial charge in [0.1, 0.15) is 5.84 Å². The number of benzene rings is 2. The van der Waals surface area contributed by atoms with Crippen molar-refractivity contribution in [3.63, 3.8) is 0 Å². The summed E-state index contributed by atoms with van der Waals surface area (Å²) in [7, 11) is 0. The largest absolute Gasteiger partial charge is 0.351 e. The van der Waals surface area contributed by atoms with E-state index in [9.17, 15) is 5.41 Å². The number of amidine groups is 1. The van der Waals surface area contributed by atoms with Crippen LogP contribution in [0, 0.1) is 5.41 Å². The third-order valence-electron chi connectivity index (χ3n) is 8.65. The van der Waals surface area contributed by atoms with Crippen LogP contribution in [0.4, 0.5) is 0 Å². The minimum absolute atomic E-state index is 0.538. The second-order valence-corrected chi connectivity index (χ2v) is 10.6. The molecule has 0 radical (unpaired) electrons. The van der Waals surface area contributed by atoms with E-state index >= 15 is 0 Å². The van der Waals surface area contributed by atoms with Crippen LogP contribution in [-0.4, -0.2) is 22.8 Å². The second kappa shape index (κ2) is 10.3. The summed E-state index contributed by atoms with van der Waals surface area (Å²) in [5.41, 5.74) is 9.37. The minimum atomic E-state index is 0.538. The fourth-order valence-electron chi connectivity index (χ4n) is 6.62. The molecule has 3 aliphatic carbocycles. The van der Waals surface area contributed by atoms with E-state index in [1.54, 1.807) is 0 Å². The van der Waals surface area contributed by atoms with Crippen LogP contribution in [0.1, 0.15) is 101 Å². The van der Waals surface area contributed by atoms with Gasteiger partial charge in [0.25, 0.3) is 0 Å². The van der Waals surface area contributed by atoms with Crippen molar-refractivity contribution in [3.05, 3.63) is 82.4 Å². The summed E-state index contributed by atoms with van der Waals surface area (Å²) in [5.74, 6) is 0.778. The molecule has 1 N–H and O–H groups in total. The van der Waals surface area contributed by atoms with Crippen LogP contribution in [0.3, 0.4) is 0 Å². The van der Waals surface area contributed by atoms with Gasteiger partial charge >= 0.3 is 0 Å². The van der Waals surface area contributed by atoms with Gasteiger partial charge in [0.15, 0.2) is 0 Å². The Kier molecular flexibility index (Phi) is 7.04. The molecule has 0 unspecified atom stereocenters. The molecule has 0 bridgehead atoms. The van der Waals surface area contributed by atoms with E-state index in [0.29, 0.717) is 12.1 Å². The van der Waals surface area contributed by atoms with Crippen LogP contribution in [-0.2, 0) is 0 Å². The van der Waals surface area contributed by atoms with E-state index in [-0.39, 0.29) is 0 Å². The zero-order chi connectivity index (χ0) is 23.5. The molecule has 2 aromatic rings. The lowest BCUT2D eigenvalue weighted by Crippen LogP contribution is -2.49. The Bertz CT molecular complexity index is 1060. The minimum Gasteiger partial charge on any atom is -0.351 e. The SMILES string of the molecule is CC1=C(c2ccccc2)CC(c2ccccc2C(=N)N(C2CCCCC2)C2CCCCC2)=C1C. The first-order valence-corrected chi connectivity index (χ1v) is 13.6. The van der Waals surface area contributed by atoms with Gasteiger partial charge in [-0.25, -0.2) is 0 Å². The van der Waals surface area contributed by atoms with Gasteiger partial charge in [0, 0.05) is 17.6 Å². The zero-order valence-corrected chi connectivity index (χ0v) is 21.1. The van der Waals surface area contributed by atoms with Crippen LogP contribution in [0.5, 0.6) is 0 Å². The van der Waals surface area contributed by atoms with Crippen molar-refractivity contribution in [2.75, 3.05) is 0 Å². The maximum atomic E-state index is 9.58. The van der Waals surface area contributed by atoms with Crippen LogP contribution < -0.4 is 0 Å². The molecule has 2 nitrogen and oxygen atoms in total. The Balaban J connectivity index is 1.49. The molecule has 3 aliphatic rings. The molecule has 0 spiro atoms. The summed E-state index contributed by atoms with van der Waals surface area (Å²) in [4.78, 5) is 2.58. The molecule has 2 fully saturated rings. The third kappa shape index (κ3) is 4.52. The van der Waals surface area contributed by atoms with Crippen LogP contribution in [0.15, 0.2) is 65.7 Å². The molecule has 0 heterocycles. The highest BCUT2D eigenvalue weighted by molar-refractivity contribution is 6.04. The van der Waals surface area contributed by atoms with Crippen molar-refractivity contribution < 1.29 is 0 Å². The van der Waals surface area contributed by atoms with Gasteiger partial charge in [-0.15, -0.1) is 0 Å². The number of allylic oxidation sites excluding steroid dienone is 4. The Morgan fingerprint density at radius 3 is 1.82 bits per heavy atom.